The van der Waals surface area contributed by atoms with Gasteiger partial charge < -0.3 is 15.2 Å². The maximum Gasteiger partial charge on any atom is 0.179 e. The van der Waals surface area contributed by atoms with Crippen molar-refractivity contribution in [3.63, 3.8) is 0 Å². The molecule has 6 heteroatoms. The number of rotatable bonds is 3. The van der Waals surface area contributed by atoms with Gasteiger partial charge in [0.05, 0.1) is 5.02 Å². The Kier molecular flexibility index (Phi) is 5.38. The molecule has 1 aromatic carbocycles. The van der Waals surface area contributed by atoms with E-state index in [1.165, 1.54) is 12.8 Å². The van der Waals surface area contributed by atoms with Crippen LogP contribution in [-0.4, -0.2) is 37.2 Å². The quantitative estimate of drug-likeness (QED) is 0.930. The smallest absolute Gasteiger partial charge is 0.179 e. The summed E-state index contributed by atoms with van der Waals surface area (Å²) in [6.45, 7) is 3.85. The highest BCUT2D eigenvalue weighted by atomic mass is 35.5. The largest absolute Gasteiger partial charge is 0.486 e. The van der Waals surface area contributed by atoms with Crippen LogP contribution < -0.4 is 15.2 Å². The van der Waals surface area contributed by atoms with Gasteiger partial charge in [-0.05, 0) is 37.1 Å². The van der Waals surface area contributed by atoms with Crippen molar-refractivity contribution in [3.8, 4) is 11.5 Å². The average Bonchev–Trinajstić information content (AvgIpc) is 2.86. The minimum absolute atomic E-state index is 0. The average molecular weight is 319 g/mol. The molecular formula is C14H20Cl2N2O2. The molecule has 1 unspecified atom stereocenters. The topological polar surface area (TPSA) is 47.7 Å². The van der Waals surface area contributed by atoms with Crippen LogP contribution in [0.5, 0.6) is 11.5 Å². The van der Waals surface area contributed by atoms with E-state index < -0.39 is 0 Å². The van der Waals surface area contributed by atoms with E-state index in [4.69, 9.17) is 26.8 Å². The zero-order chi connectivity index (χ0) is 13.2. The molecule has 3 rings (SSSR count). The number of fused-ring (bicyclic) bond motifs is 1. The summed E-state index contributed by atoms with van der Waals surface area (Å²) in [5, 5.41) is 0.635. The molecule has 2 heterocycles. The van der Waals surface area contributed by atoms with Crippen molar-refractivity contribution in [2.24, 2.45) is 5.73 Å². The van der Waals surface area contributed by atoms with Gasteiger partial charge >= 0.3 is 0 Å². The summed E-state index contributed by atoms with van der Waals surface area (Å²) in [5.41, 5.74) is 6.97. The molecular weight excluding hydrogens is 299 g/mol. The van der Waals surface area contributed by atoms with Crippen molar-refractivity contribution in [3.05, 3.63) is 22.7 Å². The molecule has 112 valence electrons. The predicted molar refractivity (Wildman–Crippen MR) is 82.2 cm³/mol. The van der Waals surface area contributed by atoms with Crippen LogP contribution in [0.4, 0.5) is 0 Å². The van der Waals surface area contributed by atoms with Crippen molar-refractivity contribution in [2.45, 2.75) is 25.4 Å². The summed E-state index contributed by atoms with van der Waals surface area (Å²) in [5.74, 6) is 1.44. The van der Waals surface area contributed by atoms with E-state index in [2.05, 4.69) is 4.90 Å². The van der Waals surface area contributed by atoms with Crippen LogP contribution >= 0.6 is 24.0 Å². The van der Waals surface area contributed by atoms with Crippen LogP contribution in [0.25, 0.3) is 0 Å². The standard InChI is InChI=1S/C14H19ClN2O2.ClH/c15-12-6-10(7-13-14(12)19-5-4-18-13)9-17-3-1-2-11(17)8-16;/h6-7,11H,1-5,8-9,16H2;1H. The van der Waals surface area contributed by atoms with Crippen LogP contribution in [0.2, 0.25) is 5.02 Å². The maximum atomic E-state index is 6.25. The Labute approximate surface area is 130 Å². The minimum Gasteiger partial charge on any atom is -0.486 e. The third kappa shape index (κ3) is 3.14. The number of halogens is 2. The van der Waals surface area contributed by atoms with E-state index in [1.807, 2.05) is 12.1 Å². The lowest BCUT2D eigenvalue weighted by Gasteiger charge is -2.25. The Bertz CT molecular complexity index is 471. The second kappa shape index (κ2) is 6.85. The first-order valence-electron chi connectivity index (χ1n) is 6.80. The van der Waals surface area contributed by atoms with Crippen molar-refractivity contribution >= 4 is 24.0 Å². The molecule has 0 aliphatic carbocycles. The Morgan fingerprint density at radius 3 is 2.90 bits per heavy atom. The molecule has 1 atom stereocenters. The molecule has 0 radical (unpaired) electrons. The van der Waals surface area contributed by atoms with E-state index in [9.17, 15) is 0 Å². The van der Waals surface area contributed by atoms with Crippen LogP contribution in [0, 0.1) is 0 Å². The molecule has 2 aliphatic rings. The summed E-state index contributed by atoms with van der Waals surface area (Å²) in [7, 11) is 0. The highest BCUT2D eigenvalue weighted by Crippen LogP contribution is 2.38. The summed E-state index contributed by atoms with van der Waals surface area (Å²) < 4.78 is 11.1. The zero-order valence-corrected chi connectivity index (χ0v) is 12.9. The van der Waals surface area contributed by atoms with E-state index in [1.54, 1.807) is 0 Å². The SMILES string of the molecule is Cl.NCC1CCCN1Cc1cc(Cl)c2c(c1)OCCO2. The summed E-state index contributed by atoms with van der Waals surface area (Å²) in [6.07, 6.45) is 2.41. The Balaban J connectivity index is 0.00000147. The molecule has 20 heavy (non-hydrogen) atoms. The molecule has 0 bridgehead atoms. The lowest BCUT2D eigenvalue weighted by Crippen LogP contribution is -2.34. The lowest BCUT2D eigenvalue weighted by molar-refractivity contribution is 0.171. The number of nitrogens with two attached hydrogens (primary N) is 1. The van der Waals surface area contributed by atoms with Crippen molar-refractivity contribution in [1.82, 2.24) is 4.90 Å². The molecule has 1 fully saturated rings. The van der Waals surface area contributed by atoms with E-state index in [0.717, 1.165) is 30.9 Å². The fraction of sp³-hybridized carbons (Fsp3) is 0.571. The number of hydrogen-bond acceptors (Lipinski definition) is 4. The van der Waals surface area contributed by atoms with Gasteiger partial charge in [0.25, 0.3) is 0 Å². The Morgan fingerprint density at radius 1 is 1.30 bits per heavy atom. The third-order valence-electron chi connectivity index (χ3n) is 3.81. The molecule has 1 aromatic rings. The molecule has 2 aliphatic heterocycles. The second-order valence-corrected chi connectivity index (χ2v) is 5.51. The van der Waals surface area contributed by atoms with Crippen LogP contribution in [0.1, 0.15) is 18.4 Å². The third-order valence-corrected chi connectivity index (χ3v) is 4.09. The number of benzene rings is 1. The zero-order valence-electron chi connectivity index (χ0n) is 11.3. The summed E-state index contributed by atoms with van der Waals surface area (Å²) >= 11 is 6.25. The van der Waals surface area contributed by atoms with Gasteiger partial charge in [-0.2, -0.15) is 0 Å². The van der Waals surface area contributed by atoms with E-state index >= 15 is 0 Å². The normalized spacial score (nSPS) is 21.6. The van der Waals surface area contributed by atoms with E-state index in [-0.39, 0.29) is 12.4 Å². The van der Waals surface area contributed by atoms with Crippen molar-refractivity contribution in [2.75, 3.05) is 26.3 Å². The lowest BCUT2D eigenvalue weighted by atomic mass is 10.1. The van der Waals surface area contributed by atoms with Gasteiger partial charge in [0.2, 0.25) is 0 Å². The van der Waals surface area contributed by atoms with E-state index in [0.29, 0.717) is 30.0 Å². The number of hydrogen-bond donors (Lipinski definition) is 1. The first kappa shape index (κ1) is 15.7. The van der Waals surface area contributed by atoms with Gasteiger partial charge in [-0.1, -0.05) is 11.6 Å². The first-order chi connectivity index (χ1) is 9.28. The Hall–Kier alpha value is -0.680. The highest BCUT2D eigenvalue weighted by Gasteiger charge is 2.24. The maximum absolute atomic E-state index is 6.25. The summed E-state index contributed by atoms with van der Waals surface area (Å²) in [6, 6.07) is 4.50. The van der Waals surface area contributed by atoms with Crippen LogP contribution in [0.3, 0.4) is 0 Å². The molecule has 2 N–H and O–H groups in total. The predicted octanol–water partition coefficient (Wildman–Crippen LogP) is 2.46. The fourth-order valence-corrected chi connectivity index (χ4v) is 3.15. The second-order valence-electron chi connectivity index (χ2n) is 5.10. The van der Waals surface area contributed by atoms with Gasteiger partial charge in [0.1, 0.15) is 13.2 Å². The number of nitrogens with zero attached hydrogens (tertiary/aromatic N) is 1. The highest BCUT2D eigenvalue weighted by molar-refractivity contribution is 6.32. The number of likely N-dealkylation sites (tertiary alicyclic amines) is 1. The van der Waals surface area contributed by atoms with Gasteiger partial charge in [-0.3, -0.25) is 4.90 Å². The van der Waals surface area contributed by atoms with Crippen molar-refractivity contribution < 1.29 is 9.47 Å². The van der Waals surface area contributed by atoms with Crippen molar-refractivity contribution in [1.29, 1.82) is 0 Å². The number of ether oxygens (including phenoxy) is 2. The van der Waals surface area contributed by atoms with Crippen LogP contribution in [-0.2, 0) is 6.54 Å². The molecule has 0 aromatic heterocycles. The van der Waals surface area contributed by atoms with Gasteiger partial charge in [-0.25, -0.2) is 0 Å². The first-order valence-corrected chi connectivity index (χ1v) is 7.18. The molecule has 1 saturated heterocycles. The molecule has 0 amide bonds. The monoisotopic (exact) mass is 318 g/mol. The molecule has 0 spiro atoms. The summed E-state index contributed by atoms with van der Waals surface area (Å²) in [4.78, 5) is 2.42. The minimum atomic E-state index is 0. The van der Waals surface area contributed by atoms with Gasteiger partial charge in [0.15, 0.2) is 11.5 Å². The van der Waals surface area contributed by atoms with Gasteiger partial charge in [-0.15, -0.1) is 12.4 Å². The Morgan fingerprint density at radius 2 is 2.10 bits per heavy atom. The van der Waals surface area contributed by atoms with Crippen LogP contribution in [0.15, 0.2) is 12.1 Å². The fourth-order valence-electron chi connectivity index (χ4n) is 2.86. The molecule has 0 saturated carbocycles. The molecule has 4 nitrogen and oxygen atoms in total. The van der Waals surface area contributed by atoms with Gasteiger partial charge in [0, 0.05) is 19.1 Å².